The first-order chi connectivity index (χ1) is 10.0. The Morgan fingerprint density at radius 3 is 2.81 bits per heavy atom. The molecule has 0 aliphatic heterocycles. The average molecular weight is 329 g/mol. The van der Waals surface area contributed by atoms with E-state index in [1.165, 1.54) is 23.5 Å². The summed E-state index contributed by atoms with van der Waals surface area (Å²) in [5.74, 6) is -1.21. The number of ether oxygens (including phenoxy) is 1. The van der Waals surface area contributed by atoms with Crippen molar-refractivity contribution in [2.24, 2.45) is 0 Å². The van der Waals surface area contributed by atoms with E-state index in [9.17, 15) is 14.3 Å². The lowest BCUT2D eigenvalue weighted by atomic mass is 10.2. The van der Waals surface area contributed by atoms with Gasteiger partial charge in [0.2, 0.25) is 0 Å². The molecule has 6 heteroatoms. The Morgan fingerprint density at radius 1 is 1.43 bits per heavy atom. The van der Waals surface area contributed by atoms with Crippen LogP contribution in [0.2, 0.25) is 5.02 Å². The summed E-state index contributed by atoms with van der Waals surface area (Å²) in [4.78, 5) is 12.3. The maximum absolute atomic E-state index is 13.3. The minimum absolute atomic E-state index is 0.0470. The summed E-state index contributed by atoms with van der Waals surface area (Å²) >= 11 is 6.82. The second-order valence-electron chi connectivity index (χ2n) is 4.50. The van der Waals surface area contributed by atoms with E-state index in [4.69, 9.17) is 16.3 Å². The molecular formula is C15H14ClFO3S. The minimum Gasteiger partial charge on any atom is -0.487 e. The van der Waals surface area contributed by atoms with Gasteiger partial charge in [0, 0.05) is 4.88 Å². The maximum Gasteiger partial charge on any atom is 0.349 e. The molecule has 0 unspecified atom stereocenters. The van der Waals surface area contributed by atoms with Crippen LogP contribution in [-0.4, -0.2) is 11.1 Å². The van der Waals surface area contributed by atoms with Gasteiger partial charge in [-0.1, -0.05) is 31.0 Å². The van der Waals surface area contributed by atoms with E-state index < -0.39 is 11.8 Å². The van der Waals surface area contributed by atoms with E-state index >= 15 is 0 Å². The third kappa shape index (κ3) is 3.95. The first kappa shape index (κ1) is 15.8. The highest BCUT2D eigenvalue weighted by atomic mass is 35.5. The summed E-state index contributed by atoms with van der Waals surface area (Å²) in [5, 5.41) is 9.22. The molecule has 1 N–H and O–H groups in total. The zero-order valence-electron chi connectivity index (χ0n) is 11.4. The predicted octanol–water partition coefficient (Wildman–Crippen LogP) is 4.77. The Morgan fingerprint density at radius 2 is 2.19 bits per heavy atom. The maximum atomic E-state index is 13.3. The van der Waals surface area contributed by atoms with Crippen LogP contribution in [0.15, 0.2) is 24.3 Å². The van der Waals surface area contributed by atoms with E-state index in [2.05, 4.69) is 0 Å². The normalized spacial score (nSPS) is 10.6. The number of carboxylic acid groups (broad SMARTS) is 1. The van der Waals surface area contributed by atoms with Gasteiger partial charge in [-0.2, -0.15) is 0 Å². The number of aryl methyl sites for hydroxylation is 1. The van der Waals surface area contributed by atoms with Gasteiger partial charge in [-0.15, -0.1) is 11.3 Å². The summed E-state index contributed by atoms with van der Waals surface area (Å²) in [6.07, 6.45) is 1.74. The number of halogens is 2. The lowest BCUT2D eigenvalue weighted by Crippen LogP contribution is -2.00. The Kier molecular flexibility index (Phi) is 5.20. The fourth-order valence-corrected chi connectivity index (χ4v) is 3.00. The highest BCUT2D eigenvalue weighted by Gasteiger charge is 2.16. The molecule has 0 amide bonds. The number of carbonyl (C=O) groups is 1. The molecule has 0 saturated carbocycles. The molecule has 1 aromatic carbocycles. The molecular weight excluding hydrogens is 315 g/mol. The molecule has 2 aromatic rings. The van der Waals surface area contributed by atoms with Crippen molar-refractivity contribution in [3.63, 3.8) is 0 Å². The molecule has 0 saturated heterocycles. The van der Waals surface area contributed by atoms with Crippen LogP contribution >= 0.6 is 22.9 Å². The van der Waals surface area contributed by atoms with Gasteiger partial charge in [-0.25, -0.2) is 9.18 Å². The topological polar surface area (TPSA) is 46.5 Å². The van der Waals surface area contributed by atoms with Crippen LogP contribution < -0.4 is 4.74 Å². The molecule has 0 fully saturated rings. The van der Waals surface area contributed by atoms with Crippen molar-refractivity contribution >= 4 is 28.9 Å². The summed E-state index contributed by atoms with van der Waals surface area (Å²) in [5.41, 5.74) is 0.594. The van der Waals surface area contributed by atoms with Crippen molar-refractivity contribution in [3.05, 3.63) is 50.4 Å². The number of benzene rings is 1. The standard InChI is InChI=1S/C15H14ClFO3S/c1-2-3-10-7-13(14(21-10)15(18)19)20-8-9-4-5-11(16)12(17)6-9/h4-7H,2-3,8H2,1H3,(H,18,19). The smallest absolute Gasteiger partial charge is 0.349 e. The summed E-state index contributed by atoms with van der Waals surface area (Å²) in [6, 6.07) is 6.11. The number of thiophene rings is 1. The van der Waals surface area contributed by atoms with Crippen LogP contribution in [0.4, 0.5) is 4.39 Å². The van der Waals surface area contributed by atoms with E-state index in [1.54, 1.807) is 12.1 Å². The highest BCUT2D eigenvalue weighted by Crippen LogP contribution is 2.31. The summed E-state index contributed by atoms with van der Waals surface area (Å²) in [6.45, 7) is 2.12. The largest absolute Gasteiger partial charge is 0.487 e. The van der Waals surface area contributed by atoms with Crippen molar-refractivity contribution < 1.29 is 19.0 Å². The number of carboxylic acids is 1. The summed E-state index contributed by atoms with van der Waals surface area (Å²) in [7, 11) is 0. The van der Waals surface area contributed by atoms with Gasteiger partial charge in [0.25, 0.3) is 0 Å². The quantitative estimate of drug-likeness (QED) is 0.830. The summed E-state index contributed by atoms with van der Waals surface area (Å²) < 4.78 is 18.9. The molecule has 3 nitrogen and oxygen atoms in total. The molecule has 0 spiro atoms. The second kappa shape index (κ2) is 6.91. The number of hydrogen-bond donors (Lipinski definition) is 1. The fraction of sp³-hybridized carbons (Fsp3) is 0.267. The van der Waals surface area contributed by atoms with Gasteiger partial charge in [-0.3, -0.25) is 0 Å². The first-order valence-electron chi connectivity index (χ1n) is 6.44. The van der Waals surface area contributed by atoms with Crippen LogP contribution in [0.5, 0.6) is 5.75 Å². The average Bonchev–Trinajstić information content (AvgIpc) is 2.84. The van der Waals surface area contributed by atoms with Gasteiger partial charge in [0.15, 0.2) is 4.88 Å². The van der Waals surface area contributed by atoms with Crippen molar-refractivity contribution in [1.29, 1.82) is 0 Å². The van der Waals surface area contributed by atoms with Crippen LogP contribution in [0.25, 0.3) is 0 Å². The number of hydrogen-bond acceptors (Lipinski definition) is 3. The lowest BCUT2D eigenvalue weighted by Gasteiger charge is -2.06. The molecule has 112 valence electrons. The number of rotatable bonds is 6. The highest BCUT2D eigenvalue weighted by molar-refractivity contribution is 7.14. The molecule has 1 heterocycles. The second-order valence-corrected chi connectivity index (χ2v) is 6.04. The fourth-order valence-electron chi connectivity index (χ4n) is 1.84. The lowest BCUT2D eigenvalue weighted by molar-refractivity contribution is 0.0697. The van der Waals surface area contributed by atoms with Gasteiger partial charge in [0.1, 0.15) is 18.2 Å². The first-order valence-corrected chi connectivity index (χ1v) is 7.63. The van der Waals surface area contributed by atoms with Crippen molar-refractivity contribution in [3.8, 4) is 5.75 Å². The minimum atomic E-state index is -1.01. The Balaban J connectivity index is 2.14. The third-order valence-corrected chi connectivity index (χ3v) is 4.29. The van der Waals surface area contributed by atoms with Crippen LogP contribution in [0, 0.1) is 5.82 Å². The van der Waals surface area contributed by atoms with Crippen molar-refractivity contribution in [2.45, 2.75) is 26.4 Å². The van der Waals surface area contributed by atoms with Gasteiger partial charge >= 0.3 is 5.97 Å². The molecule has 2 rings (SSSR count). The van der Waals surface area contributed by atoms with Crippen LogP contribution in [0.1, 0.15) is 33.5 Å². The SMILES string of the molecule is CCCc1cc(OCc2ccc(Cl)c(F)c2)c(C(=O)O)s1. The van der Waals surface area contributed by atoms with Crippen molar-refractivity contribution in [1.82, 2.24) is 0 Å². The molecule has 0 aliphatic rings. The van der Waals surface area contributed by atoms with Crippen LogP contribution in [0.3, 0.4) is 0 Å². The van der Waals surface area contributed by atoms with Gasteiger partial charge < -0.3 is 9.84 Å². The third-order valence-electron chi connectivity index (χ3n) is 2.82. The van der Waals surface area contributed by atoms with E-state index in [-0.39, 0.29) is 16.5 Å². The van der Waals surface area contributed by atoms with Gasteiger partial charge in [-0.05, 0) is 30.2 Å². The van der Waals surface area contributed by atoms with Crippen molar-refractivity contribution in [2.75, 3.05) is 0 Å². The molecule has 0 radical (unpaired) electrons. The van der Waals surface area contributed by atoms with E-state index in [0.717, 1.165) is 17.7 Å². The Bertz CT molecular complexity index is 654. The zero-order valence-corrected chi connectivity index (χ0v) is 12.9. The Labute approximate surface area is 130 Å². The number of aromatic carboxylic acids is 1. The monoisotopic (exact) mass is 328 g/mol. The molecule has 0 atom stereocenters. The molecule has 21 heavy (non-hydrogen) atoms. The van der Waals surface area contributed by atoms with E-state index in [1.807, 2.05) is 6.92 Å². The Hall–Kier alpha value is -1.59. The predicted molar refractivity (Wildman–Crippen MR) is 81.0 cm³/mol. The van der Waals surface area contributed by atoms with Gasteiger partial charge in [0.05, 0.1) is 5.02 Å². The molecule has 0 aliphatic carbocycles. The van der Waals surface area contributed by atoms with Crippen LogP contribution in [-0.2, 0) is 13.0 Å². The molecule has 1 aromatic heterocycles. The zero-order chi connectivity index (χ0) is 15.4. The van der Waals surface area contributed by atoms with E-state index in [0.29, 0.717) is 11.3 Å². The molecule has 0 bridgehead atoms.